The van der Waals surface area contributed by atoms with E-state index in [1.165, 1.54) is 0 Å². The molecule has 0 saturated carbocycles. The fraction of sp³-hybridized carbons (Fsp3) is 0.273. The number of nitriles is 1. The number of fused-ring (bicyclic) bond motifs is 1. The summed E-state index contributed by atoms with van der Waals surface area (Å²) in [6.45, 7) is 1.29. The van der Waals surface area contributed by atoms with Crippen LogP contribution in [-0.4, -0.2) is 24.5 Å². The molecule has 4 heteroatoms. The summed E-state index contributed by atoms with van der Waals surface area (Å²) >= 11 is 0. The minimum atomic E-state index is -0.405. The Morgan fingerprint density at radius 3 is 2.65 bits per heavy atom. The average Bonchev–Trinajstić information content (AvgIpc) is 2.68. The largest absolute Gasteiger partial charge is 0.484 e. The van der Waals surface area contributed by atoms with E-state index >= 15 is 0 Å². The molecule has 0 N–H and O–H groups in total. The number of benzene rings is 2. The van der Waals surface area contributed by atoms with Crippen LogP contribution >= 0.6 is 0 Å². The average molecular weight is 342 g/mol. The second-order valence-electron chi connectivity index (χ2n) is 6.60. The van der Waals surface area contributed by atoms with Crippen LogP contribution in [0.1, 0.15) is 36.0 Å². The Morgan fingerprint density at radius 1 is 1.04 bits per heavy atom. The molecule has 0 aromatic heterocycles. The molecule has 2 aliphatic heterocycles. The van der Waals surface area contributed by atoms with Crippen molar-refractivity contribution >= 4 is 5.71 Å². The van der Waals surface area contributed by atoms with Gasteiger partial charge < -0.3 is 9.47 Å². The summed E-state index contributed by atoms with van der Waals surface area (Å²) in [5, 5.41) is 9.11. The lowest BCUT2D eigenvalue weighted by molar-refractivity contribution is -0.0661. The van der Waals surface area contributed by atoms with E-state index in [1.54, 1.807) is 0 Å². The van der Waals surface area contributed by atoms with E-state index in [-0.39, 0.29) is 0 Å². The van der Waals surface area contributed by atoms with E-state index in [2.05, 4.69) is 16.8 Å². The fourth-order valence-electron chi connectivity index (χ4n) is 3.46. The van der Waals surface area contributed by atoms with Crippen molar-refractivity contribution in [2.24, 2.45) is 4.99 Å². The first-order valence-electron chi connectivity index (χ1n) is 8.72. The molecule has 26 heavy (non-hydrogen) atoms. The van der Waals surface area contributed by atoms with Gasteiger partial charge in [-0.25, -0.2) is 0 Å². The molecule has 1 atom stereocenters. The SMILES string of the molecule is N#CN=C1CC2(CCCOC2)Oc2ccc(C#Cc3ccccc3)cc21. The van der Waals surface area contributed by atoms with E-state index in [4.69, 9.17) is 14.7 Å². The van der Waals surface area contributed by atoms with Crippen LogP contribution in [0, 0.1) is 23.3 Å². The Labute approximate surface area is 153 Å². The number of nitrogens with zero attached hydrogens (tertiary/aromatic N) is 2. The first kappa shape index (κ1) is 16.4. The summed E-state index contributed by atoms with van der Waals surface area (Å²) in [5.41, 5.74) is 3.03. The molecule has 4 nitrogen and oxygen atoms in total. The predicted octanol–water partition coefficient (Wildman–Crippen LogP) is 3.69. The molecule has 4 rings (SSSR count). The standard InChI is InChI=1S/C22H18N2O2/c23-16-24-20-14-22(11-4-12-25-15-22)26-21-10-9-18(13-19(20)21)8-7-17-5-2-1-3-6-17/h1-3,5-6,9-10,13H,4,11-12,14-15H2. The maximum Gasteiger partial charge on any atom is 0.205 e. The quantitative estimate of drug-likeness (QED) is 0.542. The minimum Gasteiger partial charge on any atom is -0.484 e. The second kappa shape index (κ2) is 7.04. The van der Waals surface area contributed by atoms with Crippen molar-refractivity contribution < 1.29 is 9.47 Å². The van der Waals surface area contributed by atoms with Crippen molar-refractivity contribution in [3.63, 3.8) is 0 Å². The van der Waals surface area contributed by atoms with E-state index in [9.17, 15) is 0 Å². The maximum atomic E-state index is 9.11. The lowest BCUT2D eigenvalue weighted by Crippen LogP contribution is -2.48. The zero-order chi connectivity index (χ0) is 17.8. The lowest BCUT2D eigenvalue weighted by Gasteiger charge is -2.41. The van der Waals surface area contributed by atoms with Crippen molar-refractivity contribution in [3.8, 4) is 23.8 Å². The fourth-order valence-corrected chi connectivity index (χ4v) is 3.46. The van der Waals surface area contributed by atoms with Gasteiger partial charge in [0.15, 0.2) is 0 Å². The van der Waals surface area contributed by atoms with Crippen LogP contribution < -0.4 is 4.74 Å². The van der Waals surface area contributed by atoms with Crippen molar-refractivity contribution in [2.75, 3.05) is 13.2 Å². The molecule has 0 amide bonds. The Hall–Kier alpha value is -3.08. The molecular weight excluding hydrogens is 324 g/mol. The summed E-state index contributed by atoms with van der Waals surface area (Å²) < 4.78 is 11.9. The van der Waals surface area contributed by atoms with Crippen LogP contribution in [0.4, 0.5) is 0 Å². The molecule has 1 unspecified atom stereocenters. The van der Waals surface area contributed by atoms with E-state index < -0.39 is 5.60 Å². The van der Waals surface area contributed by atoms with Gasteiger partial charge in [-0.15, -0.1) is 0 Å². The Morgan fingerprint density at radius 2 is 1.88 bits per heavy atom. The molecular formula is C22H18N2O2. The maximum absolute atomic E-state index is 9.11. The molecule has 0 aliphatic carbocycles. The Bertz CT molecular complexity index is 940. The van der Waals surface area contributed by atoms with E-state index in [0.29, 0.717) is 13.0 Å². The van der Waals surface area contributed by atoms with Gasteiger partial charge in [0.05, 0.1) is 12.3 Å². The molecule has 128 valence electrons. The van der Waals surface area contributed by atoms with Gasteiger partial charge in [-0.1, -0.05) is 30.0 Å². The Kier molecular flexibility index (Phi) is 4.44. The van der Waals surface area contributed by atoms with Gasteiger partial charge >= 0.3 is 0 Å². The third-order valence-corrected chi connectivity index (χ3v) is 4.70. The number of hydrogen-bond donors (Lipinski definition) is 0. The Balaban J connectivity index is 1.69. The highest BCUT2D eigenvalue weighted by atomic mass is 16.5. The van der Waals surface area contributed by atoms with Gasteiger partial charge in [0.1, 0.15) is 11.4 Å². The summed E-state index contributed by atoms with van der Waals surface area (Å²) in [5.74, 6) is 7.08. The van der Waals surface area contributed by atoms with Gasteiger partial charge in [-0.3, -0.25) is 0 Å². The van der Waals surface area contributed by atoms with Crippen molar-refractivity contribution in [1.29, 1.82) is 5.26 Å². The zero-order valence-corrected chi connectivity index (χ0v) is 14.4. The third kappa shape index (κ3) is 3.33. The lowest BCUT2D eigenvalue weighted by atomic mass is 9.85. The molecule has 0 bridgehead atoms. The molecule has 2 aromatic rings. The zero-order valence-electron chi connectivity index (χ0n) is 14.4. The highest BCUT2D eigenvalue weighted by molar-refractivity contribution is 6.05. The van der Waals surface area contributed by atoms with Crippen LogP contribution in [-0.2, 0) is 4.74 Å². The van der Waals surface area contributed by atoms with Crippen molar-refractivity contribution in [1.82, 2.24) is 0 Å². The summed E-state index contributed by atoms with van der Waals surface area (Å²) in [7, 11) is 0. The number of ether oxygens (including phenoxy) is 2. The molecule has 2 aliphatic rings. The summed E-state index contributed by atoms with van der Waals surface area (Å²) in [6.07, 6.45) is 4.38. The van der Waals surface area contributed by atoms with Gasteiger partial charge in [0.2, 0.25) is 6.19 Å². The van der Waals surface area contributed by atoms with Gasteiger partial charge in [-0.2, -0.15) is 10.3 Å². The summed E-state index contributed by atoms with van der Waals surface area (Å²) in [6, 6.07) is 15.7. The first-order chi connectivity index (χ1) is 12.8. The molecule has 1 saturated heterocycles. The highest BCUT2D eigenvalue weighted by Crippen LogP contribution is 2.38. The molecule has 1 spiro atoms. The molecule has 0 radical (unpaired) electrons. The van der Waals surface area contributed by atoms with E-state index in [0.717, 1.165) is 47.6 Å². The van der Waals surface area contributed by atoms with Crippen LogP contribution in [0.3, 0.4) is 0 Å². The summed E-state index contributed by atoms with van der Waals surface area (Å²) in [4.78, 5) is 4.07. The number of hydrogen-bond acceptors (Lipinski definition) is 4. The molecule has 1 fully saturated rings. The minimum absolute atomic E-state index is 0.405. The number of rotatable bonds is 0. The molecule has 2 heterocycles. The van der Waals surface area contributed by atoms with Crippen LogP contribution in [0.5, 0.6) is 5.75 Å². The predicted molar refractivity (Wildman–Crippen MR) is 99.0 cm³/mol. The second-order valence-corrected chi connectivity index (χ2v) is 6.60. The van der Waals surface area contributed by atoms with Gasteiger partial charge in [-0.05, 0) is 43.2 Å². The van der Waals surface area contributed by atoms with Crippen LogP contribution in [0.2, 0.25) is 0 Å². The van der Waals surface area contributed by atoms with Crippen molar-refractivity contribution in [2.45, 2.75) is 24.9 Å². The van der Waals surface area contributed by atoms with Crippen molar-refractivity contribution in [3.05, 3.63) is 65.2 Å². The van der Waals surface area contributed by atoms with Gasteiger partial charge in [0, 0.05) is 29.7 Å². The smallest absolute Gasteiger partial charge is 0.205 e. The van der Waals surface area contributed by atoms with Crippen LogP contribution in [0.15, 0.2) is 53.5 Å². The topological polar surface area (TPSA) is 54.6 Å². The van der Waals surface area contributed by atoms with Crippen LogP contribution in [0.25, 0.3) is 0 Å². The highest BCUT2D eigenvalue weighted by Gasteiger charge is 2.41. The number of aliphatic imine (C=N–C) groups is 1. The normalized spacial score (nSPS) is 22.7. The first-order valence-corrected chi connectivity index (χ1v) is 8.72. The van der Waals surface area contributed by atoms with E-state index in [1.807, 2.05) is 54.7 Å². The van der Waals surface area contributed by atoms with Gasteiger partial charge in [0.25, 0.3) is 0 Å². The molecule has 2 aromatic carbocycles. The third-order valence-electron chi connectivity index (χ3n) is 4.70. The monoisotopic (exact) mass is 342 g/mol.